The lowest BCUT2D eigenvalue weighted by Gasteiger charge is -2.42. The number of hydrogen-bond donors (Lipinski definition) is 0. The third-order valence-electron chi connectivity index (χ3n) is 22.2. The van der Waals surface area contributed by atoms with Crippen LogP contribution in [0.5, 0.6) is 46.0 Å². The maximum absolute atomic E-state index is 16.7. The molecule has 4 aliphatic rings. The summed E-state index contributed by atoms with van der Waals surface area (Å²) in [6.07, 6.45) is 6.08. The molecule has 110 heavy (non-hydrogen) atoms. The summed E-state index contributed by atoms with van der Waals surface area (Å²) >= 11 is 27.4. The van der Waals surface area contributed by atoms with Crippen LogP contribution in [-0.4, -0.2) is 153 Å². The molecule has 9 aromatic rings. The van der Waals surface area contributed by atoms with E-state index in [9.17, 15) is 0 Å². The second-order valence-corrected chi connectivity index (χ2v) is 37.5. The molecule has 0 aromatic heterocycles. The average molecular weight is 1610 g/mol. The van der Waals surface area contributed by atoms with Crippen molar-refractivity contribution in [1.82, 2.24) is 19.6 Å². The van der Waals surface area contributed by atoms with Crippen molar-refractivity contribution >= 4 is 143 Å². The third kappa shape index (κ3) is 15.5. The molecular formula is C84H92Cl4N4O16Si2. The van der Waals surface area contributed by atoms with E-state index in [2.05, 4.69) is 0 Å². The maximum atomic E-state index is 16.7. The highest BCUT2D eigenvalue weighted by molar-refractivity contribution is 6.61. The van der Waals surface area contributed by atoms with Crippen molar-refractivity contribution in [3.63, 3.8) is 0 Å². The van der Waals surface area contributed by atoms with Gasteiger partial charge in [-0.15, -0.1) is 0 Å². The number of ether oxygens (including phenoxy) is 4. The van der Waals surface area contributed by atoms with Crippen LogP contribution in [0.4, 0.5) is 0 Å². The molecule has 2 heterocycles. The molecule has 0 N–H and O–H groups in total. The Bertz CT molecular complexity index is 4490. The molecule has 2 aliphatic carbocycles. The number of imide groups is 2. The van der Waals surface area contributed by atoms with Gasteiger partial charge in [0.15, 0.2) is 0 Å². The molecule has 20 nitrogen and oxygen atoms in total. The summed E-state index contributed by atoms with van der Waals surface area (Å²) in [5, 5.41) is 2.85. The fourth-order valence-corrected chi connectivity index (χ4v) is 22.2. The first-order chi connectivity index (χ1) is 52.8. The van der Waals surface area contributed by atoms with Gasteiger partial charge in [-0.3, -0.25) is 38.6 Å². The monoisotopic (exact) mass is 1610 g/mol. The van der Waals surface area contributed by atoms with E-state index in [4.69, 9.17) is 91.9 Å². The van der Waals surface area contributed by atoms with Crippen LogP contribution >= 0.6 is 46.4 Å². The Morgan fingerprint density at radius 2 is 0.682 bits per heavy atom. The molecule has 0 radical (unpaired) electrons. The van der Waals surface area contributed by atoms with E-state index in [1.54, 1.807) is 164 Å². The van der Waals surface area contributed by atoms with E-state index in [-0.39, 0.29) is 173 Å². The van der Waals surface area contributed by atoms with Crippen LogP contribution in [0.15, 0.2) is 121 Å². The van der Waals surface area contributed by atoms with Crippen molar-refractivity contribution in [2.75, 3.05) is 55.7 Å². The van der Waals surface area contributed by atoms with Crippen LogP contribution in [0.1, 0.15) is 147 Å². The van der Waals surface area contributed by atoms with Gasteiger partial charge in [0, 0.05) is 143 Å². The van der Waals surface area contributed by atoms with E-state index >= 15 is 28.8 Å². The average Bonchev–Trinajstić information content (AvgIpc) is 0.670. The molecule has 6 unspecified atom stereocenters. The van der Waals surface area contributed by atoms with Crippen LogP contribution in [0.3, 0.4) is 0 Å². The Morgan fingerprint density at radius 1 is 0.409 bits per heavy atom. The fourth-order valence-electron chi connectivity index (χ4n) is 17.3. The van der Waals surface area contributed by atoms with Crippen molar-refractivity contribution in [2.24, 2.45) is 23.7 Å². The highest BCUT2D eigenvalue weighted by Crippen LogP contribution is 2.59. The number of hydrogen-bond acceptors (Lipinski definition) is 16. The number of carbonyl (C=O) groups excluding carboxylic acids is 6. The zero-order valence-electron chi connectivity index (χ0n) is 63.9. The number of likely N-dealkylation sites (N-methyl/N-ethyl adjacent to an activating group) is 2. The Labute approximate surface area is 663 Å². The number of fused-ring (bicyclic) bond motifs is 2. The molecule has 6 atom stereocenters. The Balaban J connectivity index is 1.10. The Morgan fingerprint density at radius 3 is 0.918 bits per heavy atom. The molecule has 6 amide bonds. The summed E-state index contributed by atoms with van der Waals surface area (Å²) < 4.78 is 64.2. The third-order valence-corrected chi connectivity index (χ3v) is 29.0. The van der Waals surface area contributed by atoms with Gasteiger partial charge in [-0.1, -0.05) is 124 Å². The highest BCUT2D eigenvalue weighted by atomic mass is 35.5. The SMILES string of the molecule is CCN(C(=O)C(CC(C)C)N1C(=O)c2cc(Oc3cccc(Cl)c3)c3c4c(Oc5cccc(Cl)c5)cc5c6c(cc(Oc7cccc(Cl)c7)c(c7c(Oc8cccc(Cl)c8)cc(c2c37)C1=O)c64)C(=O)N(C(CC(C)C)C(=O)N(CC)C1CCCC(C[Si](OC)(OC)OC)C1)C5=O)C1CCCC(C[Si](OC)(OC)OC)C1. The van der Waals surface area contributed by atoms with Crippen molar-refractivity contribution in [3.8, 4) is 46.0 Å². The number of halogens is 4. The predicted molar refractivity (Wildman–Crippen MR) is 431 cm³/mol. The van der Waals surface area contributed by atoms with E-state index in [1.807, 2.05) is 51.3 Å². The molecule has 0 saturated heterocycles. The molecule has 0 spiro atoms. The minimum atomic E-state index is -3.05. The number of benzene rings is 9. The van der Waals surface area contributed by atoms with Crippen LogP contribution < -0.4 is 18.9 Å². The quantitative estimate of drug-likeness (QED) is 0.0177. The van der Waals surface area contributed by atoms with Crippen molar-refractivity contribution < 1.29 is 74.3 Å². The van der Waals surface area contributed by atoms with E-state index in [0.29, 0.717) is 57.9 Å². The van der Waals surface area contributed by atoms with Gasteiger partial charge in [0.25, 0.3) is 23.6 Å². The van der Waals surface area contributed by atoms with Crippen molar-refractivity contribution in [3.05, 3.63) is 164 Å². The molecular weight excluding hydrogens is 1520 g/mol. The van der Waals surface area contributed by atoms with Gasteiger partial charge >= 0.3 is 17.6 Å². The molecule has 580 valence electrons. The topological polar surface area (TPSA) is 208 Å². The second kappa shape index (κ2) is 33.4. The normalized spacial score (nSPS) is 18.2. The smallest absolute Gasteiger partial charge is 0.457 e. The van der Waals surface area contributed by atoms with E-state index in [0.717, 1.165) is 35.5 Å². The largest absolute Gasteiger partial charge is 0.500 e. The van der Waals surface area contributed by atoms with Crippen molar-refractivity contribution in [1.29, 1.82) is 0 Å². The molecule has 2 saturated carbocycles. The molecule has 2 aliphatic heterocycles. The van der Waals surface area contributed by atoms with Gasteiger partial charge in [0.2, 0.25) is 11.8 Å². The second-order valence-electron chi connectivity index (χ2n) is 29.8. The minimum Gasteiger partial charge on any atom is -0.457 e. The highest BCUT2D eigenvalue weighted by Gasteiger charge is 2.51. The van der Waals surface area contributed by atoms with Gasteiger partial charge in [-0.05, 0) is 173 Å². The standard InChI is InChI=1S/C84H92Cl4N4O16Si2/c1-13-89(55-27-15-21-49(35-55)45-109(99-7,100-8)101-9)83(97)65(33-47(3)4)91-79(93)61-41-67(105-57-29-17-23-51(85)37-57)73-75-69(107-59-31-19-25-53(87)39-59)43-63-72-64(82(96)92(81(63)95)66(34-48(5)6)84(98)90(14-2)56-28-16-22-50(36-56)46-110(102-10,103-11)104-12)44-70(108-60-32-20-26-54(88)40-60)76(78(72)75)74-68(106-58-30-18-24-52(86)38-58)42-62(80(91)94)71(61)77(73)74/h17-20,23-26,29-32,37-44,47-50,55-56,65-66H,13-16,21-22,27-28,33-36,45-46H2,1-12H3. The molecule has 0 bridgehead atoms. The number of nitrogens with zero attached hydrogens (tertiary/aromatic N) is 4. The minimum absolute atomic E-state index is 0.0152. The van der Waals surface area contributed by atoms with Crippen molar-refractivity contribution in [2.45, 2.75) is 142 Å². The fraction of sp³-hybridized carbons (Fsp3) is 0.405. The zero-order chi connectivity index (χ0) is 78.4. The summed E-state index contributed by atoms with van der Waals surface area (Å²) in [7, 11) is 3.44. The lowest BCUT2D eigenvalue weighted by atomic mass is 9.80. The van der Waals surface area contributed by atoms with E-state index in [1.165, 1.54) is 0 Å². The molecule has 13 rings (SSSR count). The first-order valence-corrected chi connectivity index (χ1v) is 43.0. The van der Waals surface area contributed by atoms with Crippen LogP contribution in [0.2, 0.25) is 32.2 Å². The zero-order valence-corrected chi connectivity index (χ0v) is 68.9. The van der Waals surface area contributed by atoms with Gasteiger partial charge in [0.05, 0.1) is 22.3 Å². The lowest BCUT2D eigenvalue weighted by molar-refractivity contribution is -0.139. The summed E-state index contributed by atoms with van der Waals surface area (Å²) in [6, 6.07) is 30.9. The molecule has 2 fully saturated rings. The molecule has 9 aromatic carbocycles. The molecule has 26 heteroatoms. The summed E-state index contributed by atoms with van der Waals surface area (Å²) in [4.78, 5) is 105. The first kappa shape index (κ1) is 80.1. The van der Waals surface area contributed by atoms with Gasteiger partial charge in [0.1, 0.15) is 58.1 Å². The van der Waals surface area contributed by atoms with Crippen LogP contribution in [0.25, 0.3) is 43.1 Å². The Kier molecular flexibility index (Phi) is 24.3. The summed E-state index contributed by atoms with van der Waals surface area (Å²) in [5.41, 5.74) is -0.0609. The number of rotatable bonds is 30. The van der Waals surface area contributed by atoms with Gasteiger partial charge in [-0.25, -0.2) is 0 Å². The maximum Gasteiger partial charge on any atom is 0.500 e. The Hall–Kier alpha value is -7.95. The number of carbonyl (C=O) groups is 6. The summed E-state index contributed by atoms with van der Waals surface area (Å²) in [6.45, 7) is 12.1. The van der Waals surface area contributed by atoms with Crippen LogP contribution in [-0.2, 0) is 36.1 Å². The van der Waals surface area contributed by atoms with Gasteiger partial charge < -0.3 is 55.3 Å². The lowest BCUT2D eigenvalue weighted by Crippen LogP contribution is -2.57. The predicted octanol–water partition coefficient (Wildman–Crippen LogP) is 20.1. The first-order valence-electron chi connectivity index (χ1n) is 37.6. The van der Waals surface area contributed by atoms with E-state index < -0.39 is 65.1 Å². The van der Waals surface area contributed by atoms with Crippen LogP contribution in [0, 0.1) is 23.7 Å². The summed E-state index contributed by atoms with van der Waals surface area (Å²) in [5.74, 6) is -3.26. The number of amides is 6. The van der Waals surface area contributed by atoms with Gasteiger partial charge in [-0.2, -0.15) is 0 Å².